The van der Waals surface area contributed by atoms with Crippen LogP contribution in [0.15, 0.2) is 28.6 Å². The molecule has 1 fully saturated rings. The average molecular weight is 291 g/mol. The molecule has 1 aliphatic rings. The summed E-state index contributed by atoms with van der Waals surface area (Å²) in [6.45, 7) is -0.122. The van der Waals surface area contributed by atoms with Crippen LogP contribution in [0.2, 0.25) is 0 Å². The van der Waals surface area contributed by atoms with Crippen molar-refractivity contribution in [3.8, 4) is 0 Å². The Labute approximate surface area is 122 Å². The van der Waals surface area contributed by atoms with Gasteiger partial charge in [-0.05, 0) is 41.4 Å². The van der Waals surface area contributed by atoms with Gasteiger partial charge in [0.15, 0.2) is 0 Å². The molecule has 1 amide bonds. The van der Waals surface area contributed by atoms with Crippen molar-refractivity contribution < 1.29 is 9.53 Å². The zero-order valence-corrected chi connectivity index (χ0v) is 11.6. The smallest absolute Gasteiger partial charge is 0.407 e. The lowest BCUT2D eigenvalue weighted by atomic mass is 9.96. The van der Waals surface area contributed by atoms with Crippen molar-refractivity contribution in [2.24, 2.45) is 10.4 Å². The molecule has 1 aliphatic carbocycles. The van der Waals surface area contributed by atoms with Gasteiger partial charge >= 0.3 is 6.09 Å². The largest absolute Gasteiger partial charge is 0.445 e. The lowest BCUT2D eigenvalue weighted by Crippen LogP contribution is -2.36. The number of carbonyl (C=O) groups is 1. The Morgan fingerprint density at radius 1 is 1.19 bits per heavy atom. The van der Waals surface area contributed by atoms with Crippen molar-refractivity contribution in [3.05, 3.63) is 33.6 Å². The molecular weight excluding hydrogens is 274 g/mol. The molecule has 1 saturated carbocycles. The van der Waals surface area contributed by atoms with Crippen LogP contribution >= 0.6 is 0 Å². The molecule has 0 spiro atoms. The third kappa shape index (κ3) is 4.34. The number of amides is 1. The fraction of sp³-hybridized carbons (Fsp3) is 0.500. The number of benzene rings is 1. The van der Waals surface area contributed by atoms with Crippen LogP contribution in [0.25, 0.3) is 0 Å². The van der Waals surface area contributed by atoms with Crippen LogP contribution in [0, 0.1) is 9.81 Å². The van der Waals surface area contributed by atoms with Gasteiger partial charge in [-0.2, -0.15) is 0 Å². The molecule has 0 aromatic heterocycles. The fourth-order valence-corrected chi connectivity index (χ4v) is 2.43. The predicted octanol–water partition coefficient (Wildman–Crippen LogP) is 4.04. The normalized spacial score (nSPS) is 15.2. The van der Waals surface area contributed by atoms with Crippen molar-refractivity contribution >= 4 is 17.5 Å². The molecule has 0 unspecified atom stereocenters. The van der Waals surface area contributed by atoms with Gasteiger partial charge in [-0.3, -0.25) is 0 Å². The van der Waals surface area contributed by atoms with Crippen molar-refractivity contribution in [2.75, 3.05) is 0 Å². The summed E-state index contributed by atoms with van der Waals surface area (Å²) in [6.07, 6.45) is 4.81. The van der Waals surface area contributed by atoms with E-state index in [1.54, 1.807) is 0 Å². The second-order valence-electron chi connectivity index (χ2n) is 5.05. The molecule has 0 radical (unpaired) electrons. The number of rotatable bonds is 5. The maximum absolute atomic E-state index is 11.7. The highest BCUT2D eigenvalue weighted by Crippen LogP contribution is 2.25. The lowest BCUT2D eigenvalue weighted by molar-refractivity contribution is 0.133. The molecule has 112 valence electrons. The van der Waals surface area contributed by atoms with Crippen LogP contribution in [0.5, 0.6) is 0 Å². The topological polar surface area (TPSA) is 97.2 Å². The van der Waals surface area contributed by atoms with E-state index in [0.717, 1.165) is 25.7 Å². The second-order valence-corrected chi connectivity index (χ2v) is 5.05. The number of alkyl carbamates (subject to hydrolysis) is 1. The SMILES string of the molecule is O=Nc1ccc(N=O)c(COC(=O)NC2CCCCC2)c1. The molecule has 0 saturated heterocycles. The molecule has 1 N–H and O–H groups in total. The Morgan fingerprint density at radius 3 is 2.62 bits per heavy atom. The molecular formula is C14H17N3O4. The van der Waals surface area contributed by atoms with Gasteiger partial charge in [0.05, 0.1) is 0 Å². The number of hydrogen-bond acceptors (Lipinski definition) is 6. The van der Waals surface area contributed by atoms with Crippen molar-refractivity contribution in [1.82, 2.24) is 5.32 Å². The molecule has 7 nitrogen and oxygen atoms in total. The molecule has 0 atom stereocenters. The van der Waals surface area contributed by atoms with Crippen molar-refractivity contribution in [3.63, 3.8) is 0 Å². The zero-order chi connectivity index (χ0) is 15.1. The quantitative estimate of drug-likeness (QED) is 0.828. The van der Waals surface area contributed by atoms with E-state index in [2.05, 4.69) is 15.7 Å². The summed E-state index contributed by atoms with van der Waals surface area (Å²) in [4.78, 5) is 32.9. The molecule has 1 aromatic rings. The van der Waals surface area contributed by atoms with E-state index < -0.39 is 6.09 Å². The minimum absolute atomic E-state index is 0.122. The number of nitrogens with one attached hydrogen (secondary N) is 1. The average Bonchev–Trinajstić information content (AvgIpc) is 2.53. The maximum atomic E-state index is 11.7. The maximum Gasteiger partial charge on any atom is 0.407 e. The Morgan fingerprint density at radius 2 is 1.95 bits per heavy atom. The van der Waals surface area contributed by atoms with Crippen LogP contribution < -0.4 is 5.32 Å². The summed E-state index contributed by atoms with van der Waals surface area (Å²) in [6, 6.07) is 4.30. The summed E-state index contributed by atoms with van der Waals surface area (Å²) in [7, 11) is 0. The van der Waals surface area contributed by atoms with Crippen LogP contribution in [0.1, 0.15) is 37.7 Å². The second kappa shape index (κ2) is 7.47. The number of carbonyl (C=O) groups excluding carboxylic acids is 1. The Kier molecular flexibility index (Phi) is 5.36. The molecule has 2 rings (SSSR count). The van der Waals surface area contributed by atoms with Crippen LogP contribution in [-0.4, -0.2) is 12.1 Å². The minimum Gasteiger partial charge on any atom is -0.445 e. The summed E-state index contributed by atoms with van der Waals surface area (Å²) in [5.74, 6) is 0. The first-order valence-electron chi connectivity index (χ1n) is 6.96. The van der Waals surface area contributed by atoms with E-state index in [-0.39, 0.29) is 24.0 Å². The standard InChI is InChI=1S/C14H17N3O4/c18-14(15-11-4-2-1-3-5-11)21-9-10-8-12(16-19)6-7-13(10)17-20/h6-8,11H,1-5,9H2,(H,15,18). The van der Waals surface area contributed by atoms with Gasteiger partial charge in [0.1, 0.15) is 18.0 Å². The fourth-order valence-electron chi connectivity index (χ4n) is 2.43. The molecule has 0 heterocycles. The molecule has 21 heavy (non-hydrogen) atoms. The van der Waals surface area contributed by atoms with E-state index in [9.17, 15) is 14.6 Å². The first-order chi connectivity index (χ1) is 10.2. The van der Waals surface area contributed by atoms with Crippen LogP contribution in [0.4, 0.5) is 16.2 Å². The van der Waals surface area contributed by atoms with Crippen molar-refractivity contribution in [2.45, 2.75) is 44.8 Å². The summed E-state index contributed by atoms with van der Waals surface area (Å²) in [5, 5.41) is 8.41. The summed E-state index contributed by atoms with van der Waals surface area (Å²) < 4.78 is 5.08. The van der Waals surface area contributed by atoms with Gasteiger partial charge in [0.2, 0.25) is 0 Å². The van der Waals surface area contributed by atoms with Crippen molar-refractivity contribution in [1.29, 1.82) is 0 Å². The van der Waals surface area contributed by atoms with E-state index in [1.165, 1.54) is 24.6 Å². The van der Waals surface area contributed by atoms with E-state index in [0.29, 0.717) is 5.56 Å². The number of hydrogen-bond donors (Lipinski definition) is 1. The highest BCUT2D eigenvalue weighted by molar-refractivity contribution is 5.68. The highest BCUT2D eigenvalue weighted by atomic mass is 16.5. The van der Waals surface area contributed by atoms with Crippen LogP contribution in [0.3, 0.4) is 0 Å². The third-order valence-electron chi connectivity index (χ3n) is 3.55. The molecule has 0 bridgehead atoms. The number of ether oxygens (including phenoxy) is 1. The van der Waals surface area contributed by atoms with Gasteiger partial charge < -0.3 is 10.1 Å². The zero-order valence-electron chi connectivity index (χ0n) is 11.6. The first-order valence-corrected chi connectivity index (χ1v) is 6.96. The van der Waals surface area contributed by atoms with Gasteiger partial charge in [0, 0.05) is 11.6 Å². The van der Waals surface area contributed by atoms with Gasteiger partial charge in [0.25, 0.3) is 0 Å². The third-order valence-corrected chi connectivity index (χ3v) is 3.55. The van der Waals surface area contributed by atoms with Gasteiger partial charge in [-0.1, -0.05) is 19.3 Å². The summed E-state index contributed by atoms with van der Waals surface area (Å²) in [5.41, 5.74) is 0.655. The predicted molar refractivity (Wildman–Crippen MR) is 77.5 cm³/mol. The van der Waals surface area contributed by atoms with E-state index in [4.69, 9.17) is 4.74 Å². The summed E-state index contributed by atoms with van der Waals surface area (Å²) >= 11 is 0. The Bertz CT molecular complexity index is 527. The monoisotopic (exact) mass is 291 g/mol. The first kappa shape index (κ1) is 15.1. The lowest BCUT2D eigenvalue weighted by Gasteiger charge is -2.22. The number of nitrogens with zero attached hydrogens (tertiary/aromatic N) is 2. The minimum atomic E-state index is -0.525. The Hall–Kier alpha value is -2.31. The molecule has 7 heteroatoms. The Balaban J connectivity index is 1.90. The van der Waals surface area contributed by atoms with Gasteiger partial charge in [-0.15, -0.1) is 9.81 Å². The number of nitroso groups, excluding NO2 is 2. The van der Waals surface area contributed by atoms with E-state index >= 15 is 0 Å². The van der Waals surface area contributed by atoms with Crippen LogP contribution in [-0.2, 0) is 11.3 Å². The highest BCUT2D eigenvalue weighted by Gasteiger charge is 2.16. The molecule has 0 aliphatic heterocycles. The molecule has 1 aromatic carbocycles. The van der Waals surface area contributed by atoms with Gasteiger partial charge in [-0.25, -0.2) is 4.79 Å². The van der Waals surface area contributed by atoms with E-state index in [1.807, 2.05) is 0 Å².